The minimum atomic E-state index is 0.772. The summed E-state index contributed by atoms with van der Waals surface area (Å²) in [6.45, 7) is 5.63. The molecule has 3 heteroatoms. The summed E-state index contributed by atoms with van der Waals surface area (Å²) in [5.41, 5.74) is 1.01. The third kappa shape index (κ3) is 4.06. The van der Waals surface area contributed by atoms with Crippen molar-refractivity contribution in [3.05, 3.63) is 24.7 Å². The third-order valence-corrected chi connectivity index (χ3v) is 4.03. The van der Waals surface area contributed by atoms with Crippen molar-refractivity contribution in [2.24, 2.45) is 5.92 Å². The second kappa shape index (κ2) is 8.03. The maximum absolute atomic E-state index is 4.40. The van der Waals surface area contributed by atoms with Crippen molar-refractivity contribution in [2.75, 3.05) is 0 Å². The normalized spacial score (nSPS) is 12.9. The molecule has 1 atom stereocenters. The maximum Gasteiger partial charge on any atom is 0.160 e. The molecule has 0 N–H and O–H groups in total. The van der Waals surface area contributed by atoms with Crippen LogP contribution in [0.15, 0.2) is 24.7 Å². The van der Waals surface area contributed by atoms with Gasteiger partial charge in [-0.1, -0.05) is 46.0 Å². The molecule has 2 aliphatic heterocycles. The average molecular weight is 273 g/mol. The Kier molecular flexibility index (Phi) is 6.03. The van der Waals surface area contributed by atoms with E-state index in [1.54, 1.807) is 6.33 Å². The lowest BCUT2D eigenvalue weighted by molar-refractivity contribution is 0.364. The van der Waals surface area contributed by atoms with E-state index in [-0.39, 0.29) is 0 Å². The highest BCUT2D eigenvalue weighted by molar-refractivity contribution is 5.50. The van der Waals surface area contributed by atoms with Gasteiger partial charge in [0, 0.05) is 12.7 Å². The van der Waals surface area contributed by atoms with Crippen molar-refractivity contribution in [3.8, 4) is 11.5 Å². The van der Waals surface area contributed by atoms with Crippen LogP contribution < -0.4 is 0 Å². The molecule has 0 bridgehead atoms. The summed E-state index contributed by atoms with van der Waals surface area (Å²) < 4.78 is 2.29. The number of pyridine rings is 1. The van der Waals surface area contributed by atoms with E-state index in [4.69, 9.17) is 0 Å². The molecule has 0 saturated carbocycles. The van der Waals surface area contributed by atoms with E-state index >= 15 is 0 Å². The zero-order valence-electron chi connectivity index (χ0n) is 12.9. The van der Waals surface area contributed by atoms with Gasteiger partial charge in [0.2, 0.25) is 0 Å². The van der Waals surface area contributed by atoms with Gasteiger partial charge in [-0.25, -0.2) is 9.97 Å². The van der Waals surface area contributed by atoms with Gasteiger partial charge < -0.3 is 4.57 Å². The van der Waals surface area contributed by atoms with Crippen LogP contribution in [0.5, 0.6) is 0 Å². The molecule has 1 unspecified atom stereocenters. The zero-order chi connectivity index (χ0) is 14.2. The molecule has 0 radical (unpaired) electrons. The van der Waals surface area contributed by atoms with E-state index in [0.717, 1.165) is 24.0 Å². The second-order valence-corrected chi connectivity index (χ2v) is 5.75. The number of aromatic nitrogens is 3. The van der Waals surface area contributed by atoms with E-state index in [1.807, 2.05) is 6.07 Å². The number of nitrogens with zero attached hydrogens (tertiary/aromatic N) is 3. The van der Waals surface area contributed by atoms with Crippen molar-refractivity contribution in [1.82, 2.24) is 14.5 Å². The summed E-state index contributed by atoms with van der Waals surface area (Å²) in [4.78, 5) is 8.69. The summed E-state index contributed by atoms with van der Waals surface area (Å²) in [6, 6.07) is 4.12. The Morgan fingerprint density at radius 2 is 1.85 bits per heavy atom. The first kappa shape index (κ1) is 15.0. The quantitative estimate of drug-likeness (QED) is 0.616. The van der Waals surface area contributed by atoms with Crippen molar-refractivity contribution in [2.45, 2.75) is 65.3 Å². The lowest BCUT2D eigenvalue weighted by Gasteiger charge is -2.20. The van der Waals surface area contributed by atoms with Crippen LogP contribution in [0, 0.1) is 5.92 Å². The summed E-state index contributed by atoms with van der Waals surface area (Å²) in [6.07, 6.45) is 13.1. The van der Waals surface area contributed by atoms with Crippen LogP contribution in [0.1, 0.15) is 58.8 Å². The van der Waals surface area contributed by atoms with Crippen LogP contribution in [0.3, 0.4) is 0 Å². The molecule has 0 aromatic rings. The lowest BCUT2D eigenvalue weighted by Crippen LogP contribution is -2.13. The number of hydrogen-bond donors (Lipinski definition) is 0. The fourth-order valence-corrected chi connectivity index (χ4v) is 2.85. The van der Waals surface area contributed by atoms with E-state index in [0.29, 0.717) is 0 Å². The molecule has 0 amide bonds. The molecule has 20 heavy (non-hydrogen) atoms. The van der Waals surface area contributed by atoms with Gasteiger partial charge in [-0.15, -0.1) is 0 Å². The molecular weight excluding hydrogens is 246 g/mol. The molecule has 2 heterocycles. The first-order valence-corrected chi connectivity index (χ1v) is 8.11. The highest BCUT2D eigenvalue weighted by atomic mass is 15.1. The Balaban J connectivity index is 2.00. The summed E-state index contributed by atoms with van der Waals surface area (Å²) >= 11 is 0. The first-order valence-electron chi connectivity index (χ1n) is 8.11. The molecule has 2 rings (SSSR count). The largest absolute Gasteiger partial charge is 0.331 e. The van der Waals surface area contributed by atoms with E-state index in [2.05, 4.69) is 40.6 Å². The Bertz CT molecular complexity index is 463. The topological polar surface area (TPSA) is 30.7 Å². The van der Waals surface area contributed by atoms with Crippen LogP contribution in [0.2, 0.25) is 0 Å². The van der Waals surface area contributed by atoms with Gasteiger partial charge in [0.25, 0.3) is 0 Å². The van der Waals surface area contributed by atoms with Gasteiger partial charge in [-0.3, -0.25) is 0 Å². The van der Waals surface area contributed by atoms with Gasteiger partial charge in [0.15, 0.2) is 5.82 Å². The molecule has 0 aromatic carbocycles. The Morgan fingerprint density at radius 3 is 2.65 bits per heavy atom. The van der Waals surface area contributed by atoms with Crippen molar-refractivity contribution in [1.29, 1.82) is 0 Å². The third-order valence-electron chi connectivity index (χ3n) is 4.03. The minimum Gasteiger partial charge on any atom is -0.331 e. The molecule has 0 fully saturated rings. The molecule has 110 valence electrons. The van der Waals surface area contributed by atoms with Crippen molar-refractivity contribution >= 4 is 0 Å². The van der Waals surface area contributed by atoms with Crippen molar-refractivity contribution in [3.63, 3.8) is 0 Å². The Hall–Kier alpha value is -1.38. The summed E-state index contributed by atoms with van der Waals surface area (Å²) in [5.74, 6) is 1.80. The molecular formula is C17H27N3. The van der Waals surface area contributed by atoms with Crippen molar-refractivity contribution < 1.29 is 0 Å². The van der Waals surface area contributed by atoms with E-state index in [1.165, 1.54) is 44.9 Å². The highest BCUT2D eigenvalue weighted by Crippen LogP contribution is 2.23. The van der Waals surface area contributed by atoms with Crippen LogP contribution in [-0.2, 0) is 6.54 Å². The highest BCUT2D eigenvalue weighted by Gasteiger charge is 2.14. The molecule has 2 aliphatic rings. The van der Waals surface area contributed by atoms with Gasteiger partial charge in [-0.2, -0.15) is 0 Å². The molecule has 0 aromatic heterocycles. The Labute approximate surface area is 122 Å². The summed E-state index contributed by atoms with van der Waals surface area (Å²) in [5, 5.41) is 0. The smallest absolute Gasteiger partial charge is 0.160 e. The predicted molar refractivity (Wildman–Crippen MR) is 83.8 cm³/mol. The zero-order valence-corrected chi connectivity index (χ0v) is 12.9. The molecule has 0 spiro atoms. The predicted octanol–water partition coefficient (Wildman–Crippen LogP) is 4.77. The maximum atomic E-state index is 4.40. The first-order chi connectivity index (χ1) is 9.85. The van der Waals surface area contributed by atoms with Gasteiger partial charge in [0.1, 0.15) is 12.0 Å². The number of hydrogen-bond acceptors (Lipinski definition) is 2. The number of rotatable bonds is 9. The van der Waals surface area contributed by atoms with Gasteiger partial charge in [0.05, 0.1) is 0 Å². The SMILES string of the molecule is CCCCCC(CCCC)Cn1cccc2ncnc1-2. The molecule has 0 saturated heterocycles. The molecule has 0 aliphatic carbocycles. The second-order valence-electron chi connectivity index (χ2n) is 5.75. The average Bonchev–Trinajstić information content (AvgIpc) is 2.94. The lowest BCUT2D eigenvalue weighted by atomic mass is 9.95. The molecule has 3 nitrogen and oxygen atoms in total. The van der Waals surface area contributed by atoms with Crippen LogP contribution in [-0.4, -0.2) is 14.5 Å². The number of unbranched alkanes of at least 4 members (excludes halogenated alkanes) is 3. The fraction of sp³-hybridized carbons (Fsp3) is 0.647. The number of fused-ring (bicyclic) bond motifs is 1. The van der Waals surface area contributed by atoms with Crippen LogP contribution >= 0.6 is 0 Å². The van der Waals surface area contributed by atoms with Crippen LogP contribution in [0.25, 0.3) is 11.5 Å². The fourth-order valence-electron chi connectivity index (χ4n) is 2.85. The minimum absolute atomic E-state index is 0.772. The monoisotopic (exact) mass is 273 g/mol. The number of imidazole rings is 1. The van der Waals surface area contributed by atoms with Gasteiger partial charge >= 0.3 is 0 Å². The van der Waals surface area contributed by atoms with E-state index < -0.39 is 0 Å². The van der Waals surface area contributed by atoms with Crippen LogP contribution in [0.4, 0.5) is 0 Å². The van der Waals surface area contributed by atoms with Gasteiger partial charge in [-0.05, 0) is 30.9 Å². The van der Waals surface area contributed by atoms with E-state index in [9.17, 15) is 0 Å². The summed E-state index contributed by atoms with van der Waals surface area (Å²) in [7, 11) is 0. The Morgan fingerprint density at radius 1 is 1.05 bits per heavy atom. The standard InChI is InChI=1S/C17H27N3/c1-3-5-7-10-15(9-6-4-2)13-20-12-8-11-16-17(20)19-14-18-16/h8,11-12,14-15H,3-7,9-10,13H2,1-2H3.